The molecule has 0 saturated heterocycles. The number of halogens is 2. The van der Waals surface area contributed by atoms with Gasteiger partial charge in [0.1, 0.15) is 5.75 Å². The van der Waals surface area contributed by atoms with Gasteiger partial charge in [-0.2, -0.15) is 0 Å². The van der Waals surface area contributed by atoms with Crippen LogP contribution in [-0.4, -0.2) is 5.11 Å². The largest absolute Gasteiger partial charge is 0.508 e. The summed E-state index contributed by atoms with van der Waals surface area (Å²) in [5.41, 5.74) is 8.16. The molecule has 0 radical (unpaired) electrons. The van der Waals surface area contributed by atoms with Crippen LogP contribution in [0.1, 0.15) is 11.1 Å². The van der Waals surface area contributed by atoms with E-state index in [0.29, 0.717) is 22.2 Å². The molecule has 2 nitrogen and oxygen atoms in total. The zero-order valence-electron chi connectivity index (χ0n) is 9.66. The summed E-state index contributed by atoms with van der Waals surface area (Å²) in [6.45, 7) is 0. The predicted octanol–water partition coefficient (Wildman–Crippen LogP) is 4.07. The van der Waals surface area contributed by atoms with Gasteiger partial charge in [0, 0.05) is 15.7 Å². The Balaban J connectivity index is 2.11. The first-order valence-corrected chi connectivity index (χ1v) is 6.33. The highest BCUT2D eigenvalue weighted by Crippen LogP contribution is 2.25. The Labute approximate surface area is 116 Å². The average molecular weight is 282 g/mol. The van der Waals surface area contributed by atoms with Crippen LogP contribution in [-0.2, 0) is 12.8 Å². The molecule has 3 N–H and O–H groups in total. The Morgan fingerprint density at radius 2 is 1.61 bits per heavy atom. The van der Waals surface area contributed by atoms with E-state index in [2.05, 4.69) is 0 Å². The van der Waals surface area contributed by atoms with Gasteiger partial charge in [-0.15, -0.1) is 0 Å². The number of nitrogens with two attached hydrogens (primary N) is 1. The van der Waals surface area contributed by atoms with Crippen molar-refractivity contribution in [2.75, 3.05) is 5.73 Å². The standard InChI is InChI=1S/C14H13Cl2NO/c15-11-5-3-10(14(18)7-11)2-1-9-4-6-12(17)8-13(9)16/h3-8,18H,1-2,17H2. The van der Waals surface area contributed by atoms with Crippen molar-refractivity contribution in [3.05, 3.63) is 57.6 Å². The van der Waals surface area contributed by atoms with Crippen LogP contribution >= 0.6 is 23.2 Å². The van der Waals surface area contributed by atoms with Crippen LogP contribution in [0.15, 0.2) is 36.4 Å². The Morgan fingerprint density at radius 1 is 0.944 bits per heavy atom. The van der Waals surface area contributed by atoms with E-state index in [9.17, 15) is 5.11 Å². The minimum atomic E-state index is 0.217. The third kappa shape index (κ3) is 3.09. The van der Waals surface area contributed by atoms with Crippen molar-refractivity contribution < 1.29 is 5.11 Å². The number of aromatic hydroxyl groups is 1. The molecular weight excluding hydrogens is 269 g/mol. The Kier molecular flexibility index (Phi) is 4.00. The van der Waals surface area contributed by atoms with E-state index in [1.807, 2.05) is 18.2 Å². The Morgan fingerprint density at radius 3 is 2.28 bits per heavy atom. The van der Waals surface area contributed by atoms with Gasteiger partial charge >= 0.3 is 0 Å². The van der Waals surface area contributed by atoms with Crippen LogP contribution in [0.3, 0.4) is 0 Å². The molecule has 0 unspecified atom stereocenters. The van der Waals surface area contributed by atoms with Crippen LogP contribution in [0.4, 0.5) is 5.69 Å². The van der Waals surface area contributed by atoms with E-state index < -0.39 is 0 Å². The lowest BCUT2D eigenvalue weighted by molar-refractivity contribution is 0.468. The molecule has 2 aromatic carbocycles. The van der Waals surface area contributed by atoms with E-state index in [0.717, 1.165) is 17.5 Å². The summed E-state index contributed by atoms with van der Waals surface area (Å²) in [5, 5.41) is 10.9. The molecule has 0 saturated carbocycles. The SMILES string of the molecule is Nc1ccc(CCc2ccc(Cl)cc2O)c(Cl)c1. The molecule has 18 heavy (non-hydrogen) atoms. The van der Waals surface area contributed by atoms with Gasteiger partial charge in [-0.05, 0) is 48.2 Å². The first-order chi connectivity index (χ1) is 8.56. The summed E-state index contributed by atoms with van der Waals surface area (Å²) in [6.07, 6.45) is 1.45. The molecule has 0 spiro atoms. The number of aryl methyl sites for hydroxylation is 2. The molecule has 0 heterocycles. The predicted molar refractivity (Wildman–Crippen MR) is 76.4 cm³/mol. The molecule has 0 aliphatic rings. The monoisotopic (exact) mass is 281 g/mol. The van der Waals surface area contributed by atoms with Crippen LogP contribution in [0.2, 0.25) is 10.0 Å². The molecule has 94 valence electrons. The van der Waals surface area contributed by atoms with Gasteiger partial charge in [-0.3, -0.25) is 0 Å². The van der Waals surface area contributed by atoms with Crippen molar-refractivity contribution in [3.63, 3.8) is 0 Å². The second-order valence-corrected chi connectivity index (χ2v) is 4.97. The quantitative estimate of drug-likeness (QED) is 0.834. The summed E-state index contributed by atoms with van der Waals surface area (Å²) < 4.78 is 0. The molecule has 0 bridgehead atoms. The van der Waals surface area contributed by atoms with E-state index in [4.69, 9.17) is 28.9 Å². The number of benzene rings is 2. The lowest BCUT2D eigenvalue weighted by atomic mass is 10.0. The van der Waals surface area contributed by atoms with Crippen LogP contribution in [0.25, 0.3) is 0 Å². The third-order valence-corrected chi connectivity index (χ3v) is 3.38. The van der Waals surface area contributed by atoms with E-state index in [1.54, 1.807) is 18.2 Å². The zero-order valence-corrected chi connectivity index (χ0v) is 11.2. The minimum Gasteiger partial charge on any atom is -0.508 e. The van der Waals surface area contributed by atoms with Crippen LogP contribution in [0, 0.1) is 0 Å². The number of hydrogen-bond donors (Lipinski definition) is 2. The fraction of sp³-hybridized carbons (Fsp3) is 0.143. The summed E-state index contributed by atoms with van der Waals surface area (Å²) in [4.78, 5) is 0. The highest BCUT2D eigenvalue weighted by molar-refractivity contribution is 6.31. The molecule has 4 heteroatoms. The number of hydrogen-bond acceptors (Lipinski definition) is 2. The molecule has 0 aliphatic heterocycles. The fourth-order valence-corrected chi connectivity index (χ4v) is 2.23. The van der Waals surface area contributed by atoms with Crippen molar-refractivity contribution in [3.8, 4) is 5.75 Å². The van der Waals surface area contributed by atoms with Gasteiger partial charge in [0.05, 0.1) is 0 Å². The zero-order chi connectivity index (χ0) is 13.1. The minimum absolute atomic E-state index is 0.217. The molecule has 0 aromatic heterocycles. The molecule has 2 aromatic rings. The highest BCUT2D eigenvalue weighted by Gasteiger charge is 2.05. The topological polar surface area (TPSA) is 46.2 Å². The third-order valence-electron chi connectivity index (χ3n) is 2.79. The summed E-state index contributed by atoms with van der Waals surface area (Å²) in [7, 11) is 0. The van der Waals surface area contributed by atoms with Gasteiger partial charge in [0.25, 0.3) is 0 Å². The van der Waals surface area contributed by atoms with Crippen molar-refractivity contribution in [1.82, 2.24) is 0 Å². The van der Waals surface area contributed by atoms with Gasteiger partial charge < -0.3 is 10.8 Å². The van der Waals surface area contributed by atoms with Crippen molar-refractivity contribution >= 4 is 28.9 Å². The number of phenolic OH excluding ortho intramolecular Hbond substituents is 1. The van der Waals surface area contributed by atoms with Crippen LogP contribution < -0.4 is 5.73 Å². The van der Waals surface area contributed by atoms with E-state index >= 15 is 0 Å². The van der Waals surface area contributed by atoms with Crippen molar-refractivity contribution in [2.24, 2.45) is 0 Å². The molecule has 0 fully saturated rings. The molecule has 2 rings (SSSR count). The fourth-order valence-electron chi connectivity index (χ4n) is 1.78. The maximum atomic E-state index is 9.75. The number of rotatable bonds is 3. The molecule has 0 amide bonds. The maximum absolute atomic E-state index is 9.75. The van der Waals surface area contributed by atoms with Gasteiger partial charge in [0.2, 0.25) is 0 Å². The van der Waals surface area contributed by atoms with Crippen LogP contribution in [0.5, 0.6) is 5.75 Å². The first kappa shape index (κ1) is 13.1. The molecule has 0 aliphatic carbocycles. The van der Waals surface area contributed by atoms with Crippen molar-refractivity contribution in [1.29, 1.82) is 0 Å². The Hall–Kier alpha value is -1.38. The van der Waals surface area contributed by atoms with E-state index in [-0.39, 0.29) is 5.75 Å². The summed E-state index contributed by atoms with van der Waals surface area (Å²) in [6, 6.07) is 10.6. The summed E-state index contributed by atoms with van der Waals surface area (Å²) >= 11 is 11.9. The maximum Gasteiger partial charge on any atom is 0.120 e. The highest BCUT2D eigenvalue weighted by atomic mass is 35.5. The number of phenols is 1. The lowest BCUT2D eigenvalue weighted by Gasteiger charge is -2.07. The molecular formula is C14H13Cl2NO. The van der Waals surface area contributed by atoms with Gasteiger partial charge in [0.15, 0.2) is 0 Å². The number of anilines is 1. The second kappa shape index (κ2) is 5.51. The first-order valence-electron chi connectivity index (χ1n) is 5.57. The normalized spacial score (nSPS) is 10.6. The second-order valence-electron chi connectivity index (χ2n) is 4.12. The van der Waals surface area contributed by atoms with Gasteiger partial charge in [-0.25, -0.2) is 0 Å². The number of nitrogen functional groups attached to an aromatic ring is 1. The van der Waals surface area contributed by atoms with Crippen molar-refractivity contribution in [2.45, 2.75) is 12.8 Å². The lowest BCUT2D eigenvalue weighted by Crippen LogP contribution is -1.94. The smallest absolute Gasteiger partial charge is 0.120 e. The van der Waals surface area contributed by atoms with Gasteiger partial charge in [-0.1, -0.05) is 35.3 Å². The average Bonchev–Trinajstić information content (AvgIpc) is 2.30. The summed E-state index contributed by atoms with van der Waals surface area (Å²) in [5.74, 6) is 0.217. The molecule has 0 atom stereocenters. The Bertz CT molecular complexity index is 518. The van der Waals surface area contributed by atoms with E-state index in [1.165, 1.54) is 0 Å².